The van der Waals surface area contributed by atoms with Crippen molar-refractivity contribution < 1.29 is 9.59 Å². The minimum Gasteiger partial charge on any atom is -0.348 e. The Morgan fingerprint density at radius 3 is 2.46 bits per heavy atom. The zero-order valence-corrected chi connectivity index (χ0v) is 16.4. The molecule has 24 heavy (non-hydrogen) atoms. The molecule has 0 aromatic heterocycles. The van der Waals surface area contributed by atoms with Gasteiger partial charge in [0.05, 0.1) is 0 Å². The number of hydrogen-bond donors (Lipinski definition) is 1. The summed E-state index contributed by atoms with van der Waals surface area (Å²) < 4.78 is 0.139. The molecule has 0 saturated carbocycles. The minimum atomic E-state index is -0.571. The van der Waals surface area contributed by atoms with Crippen molar-refractivity contribution in [2.75, 3.05) is 19.3 Å². The first-order valence-corrected chi connectivity index (χ1v) is 9.55. The molecule has 1 aromatic rings. The van der Waals surface area contributed by atoms with E-state index in [0.29, 0.717) is 22.5 Å². The lowest BCUT2D eigenvalue weighted by molar-refractivity contribution is -0.145. The molecule has 0 radical (unpaired) electrons. The number of hydrogen-bond acceptors (Lipinski definition) is 3. The maximum absolute atomic E-state index is 12.2. The highest BCUT2D eigenvalue weighted by atomic mass is 35.5. The highest BCUT2D eigenvalue weighted by Gasteiger charge is 2.35. The van der Waals surface area contributed by atoms with Crippen LogP contribution >= 0.6 is 35.0 Å². The molecule has 1 aliphatic rings. The van der Waals surface area contributed by atoms with Gasteiger partial charge in [-0.2, -0.15) is 11.8 Å². The van der Waals surface area contributed by atoms with E-state index in [2.05, 4.69) is 19.2 Å². The molecule has 132 valence electrons. The summed E-state index contributed by atoms with van der Waals surface area (Å²) in [7, 11) is 1.59. The third-order valence-electron chi connectivity index (χ3n) is 4.32. The first-order chi connectivity index (χ1) is 11.2. The molecule has 2 amide bonds. The smallest absolute Gasteiger partial charge is 0.311 e. The predicted octanol–water partition coefficient (Wildman–Crippen LogP) is 3.60. The highest BCUT2D eigenvalue weighted by Crippen LogP contribution is 2.41. The molecule has 2 rings (SSSR count). The molecular weight excluding hydrogens is 367 g/mol. The van der Waals surface area contributed by atoms with E-state index in [1.54, 1.807) is 25.2 Å². The number of carbonyl (C=O) groups excluding carboxylic acids is 2. The Hall–Kier alpha value is -0.910. The number of rotatable bonds is 4. The molecule has 1 saturated heterocycles. The standard InChI is InChI=1S/C17H22Cl2N2O2S/c1-17(2)12(4-5-24-17)9-20-15(22)16(23)21(3)10-11-6-13(18)8-14(19)7-11/h6-8,12H,4-5,9-10H2,1-3H3,(H,20,22). The van der Waals surface area contributed by atoms with Crippen molar-refractivity contribution in [2.24, 2.45) is 5.92 Å². The molecule has 0 aliphatic carbocycles. The summed E-state index contributed by atoms with van der Waals surface area (Å²) >= 11 is 13.8. The molecule has 1 atom stereocenters. The Bertz CT molecular complexity index is 617. The maximum Gasteiger partial charge on any atom is 0.311 e. The molecule has 1 aromatic carbocycles. The van der Waals surface area contributed by atoms with Gasteiger partial charge in [0.25, 0.3) is 0 Å². The molecule has 1 fully saturated rings. The molecule has 1 aliphatic heterocycles. The Morgan fingerprint density at radius 1 is 1.29 bits per heavy atom. The lowest BCUT2D eigenvalue weighted by Gasteiger charge is -2.26. The quantitative estimate of drug-likeness (QED) is 0.801. The minimum absolute atomic E-state index is 0.139. The van der Waals surface area contributed by atoms with E-state index in [9.17, 15) is 9.59 Å². The van der Waals surface area contributed by atoms with Crippen molar-refractivity contribution in [1.82, 2.24) is 10.2 Å². The van der Waals surface area contributed by atoms with Gasteiger partial charge < -0.3 is 10.2 Å². The van der Waals surface area contributed by atoms with Gasteiger partial charge in [-0.25, -0.2) is 0 Å². The third kappa shape index (κ3) is 5.04. The summed E-state index contributed by atoms with van der Waals surface area (Å²) in [6.45, 7) is 5.16. The molecule has 1 N–H and O–H groups in total. The second-order valence-electron chi connectivity index (χ2n) is 6.59. The van der Waals surface area contributed by atoms with Crippen LogP contribution in [0, 0.1) is 5.92 Å². The topological polar surface area (TPSA) is 49.4 Å². The number of likely N-dealkylation sites (N-methyl/N-ethyl adjacent to an activating group) is 1. The van der Waals surface area contributed by atoms with Crippen LogP contribution in [0.1, 0.15) is 25.8 Å². The van der Waals surface area contributed by atoms with Gasteiger partial charge in [-0.1, -0.05) is 37.0 Å². The Morgan fingerprint density at radius 2 is 1.92 bits per heavy atom. The average Bonchev–Trinajstić information content (AvgIpc) is 2.81. The van der Waals surface area contributed by atoms with E-state index in [1.807, 2.05) is 11.8 Å². The predicted molar refractivity (Wildman–Crippen MR) is 101 cm³/mol. The summed E-state index contributed by atoms with van der Waals surface area (Å²) in [6, 6.07) is 5.09. The Balaban J connectivity index is 1.89. The van der Waals surface area contributed by atoms with E-state index in [1.165, 1.54) is 4.90 Å². The van der Waals surface area contributed by atoms with Crippen LogP contribution in [0.15, 0.2) is 18.2 Å². The van der Waals surface area contributed by atoms with Gasteiger partial charge in [-0.15, -0.1) is 0 Å². The second-order valence-corrected chi connectivity index (χ2v) is 9.21. The van der Waals surface area contributed by atoms with Crippen LogP contribution in [0.4, 0.5) is 0 Å². The molecular formula is C17H22Cl2N2O2S. The van der Waals surface area contributed by atoms with Gasteiger partial charge in [0, 0.05) is 34.9 Å². The number of carbonyl (C=O) groups is 2. The molecule has 0 bridgehead atoms. The number of nitrogens with one attached hydrogen (secondary N) is 1. The number of nitrogens with zero attached hydrogens (tertiary/aromatic N) is 1. The third-order valence-corrected chi connectivity index (χ3v) is 6.27. The fourth-order valence-electron chi connectivity index (χ4n) is 2.79. The number of amides is 2. The van der Waals surface area contributed by atoms with Crippen LogP contribution in [-0.4, -0.2) is 40.8 Å². The SMILES string of the molecule is CN(Cc1cc(Cl)cc(Cl)c1)C(=O)C(=O)NCC1CCSC1(C)C. The van der Waals surface area contributed by atoms with E-state index in [-0.39, 0.29) is 11.3 Å². The second kappa shape index (κ2) is 7.98. The van der Waals surface area contributed by atoms with E-state index in [0.717, 1.165) is 17.7 Å². The van der Waals surface area contributed by atoms with E-state index < -0.39 is 11.8 Å². The summed E-state index contributed by atoms with van der Waals surface area (Å²) in [4.78, 5) is 25.7. The van der Waals surface area contributed by atoms with Crippen molar-refractivity contribution in [3.63, 3.8) is 0 Å². The van der Waals surface area contributed by atoms with Crippen molar-refractivity contribution in [3.05, 3.63) is 33.8 Å². The van der Waals surface area contributed by atoms with Crippen molar-refractivity contribution in [1.29, 1.82) is 0 Å². The first-order valence-electron chi connectivity index (χ1n) is 7.81. The highest BCUT2D eigenvalue weighted by molar-refractivity contribution is 8.00. The van der Waals surface area contributed by atoms with Crippen molar-refractivity contribution in [2.45, 2.75) is 31.6 Å². The van der Waals surface area contributed by atoms with Crippen LogP contribution in [0.25, 0.3) is 0 Å². The summed E-state index contributed by atoms with van der Waals surface area (Å²) in [5, 5.41) is 3.78. The number of halogens is 2. The van der Waals surface area contributed by atoms with Gasteiger partial charge in [0.15, 0.2) is 0 Å². The average molecular weight is 389 g/mol. The fraction of sp³-hybridized carbons (Fsp3) is 0.529. The molecule has 4 nitrogen and oxygen atoms in total. The zero-order valence-electron chi connectivity index (χ0n) is 14.1. The normalized spacial score (nSPS) is 19.1. The van der Waals surface area contributed by atoms with Crippen molar-refractivity contribution in [3.8, 4) is 0 Å². The van der Waals surface area contributed by atoms with E-state index in [4.69, 9.17) is 23.2 Å². The summed E-state index contributed by atoms with van der Waals surface area (Å²) in [5.74, 6) is 0.348. The monoisotopic (exact) mass is 388 g/mol. The maximum atomic E-state index is 12.2. The molecule has 1 unspecified atom stereocenters. The molecule has 0 spiro atoms. The lowest BCUT2D eigenvalue weighted by Crippen LogP contribution is -2.44. The summed E-state index contributed by atoms with van der Waals surface area (Å²) in [5.41, 5.74) is 0.782. The van der Waals surface area contributed by atoms with Gasteiger partial charge in [-0.3, -0.25) is 9.59 Å². The van der Waals surface area contributed by atoms with Crippen LogP contribution in [0.3, 0.4) is 0 Å². The number of benzene rings is 1. The van der Waals surface area contributed by atoms with Crippen LogP contribution in [0.2, 0.25) is 10.0 Å². The number of thioether (sulfide) groups is 1. The molecule has 7 heteroatoms. The molecule has 1 heterocycles. The first kappa shape index (κ1) is 19.4. The van der Waals surface area contributed by atoms with Gasteiger partial charge in [0.2, 0.25) is 0 Å². The van der Waals surface area contributed by atoms with E-state index >= 15 is 0 Å². The van der Waals surface area contributed by atoms with Crippen LogP contribution in [-0.2, 0) is 16.1 Å². The van der Waals surface area contributed by atoms with Gasteiger partial charge in [-0.05, 0) is 41.9 Å². The van der Waals surface area contributed by atoms with Gasteiger partial charge >= 0.3 is 11.8 Å². The van der Waals surface area contributed by atoms with Crippen LogP contribution in [0.5, 0.6) is 0 Å². The van der Waals surface area contributed by atoms with Crippen molar-refractivity contribution >= 4 is 46.8 Å². The Labute approximate surface area is 157 Å². The van der Waals surface area contributed by atoms with Gasteiger partial charge in [0.1, 0.15) is 0 Å². The van der Waals surface area contributed by atoms with Crippen LogP contribution < -0.4 is 5.32 Å². The fourth-order valence-corrected chi connectivity index (χ4v) is 4.73. The largest absolute Gasteiger partial charge is 0.348 e. The summed E-state index contributed by atoms with van der Waals surface area (Å²) in [6.07, 6.45) is 1.06. The lowest BCUT2D eigenvalue weighted by atomic mass is 9.93. The Kier molecular flexibility index (Phi) is 6.46. The zero-order chi connectivity index (χ0) is 17.9.